The van der Waals surface area contributed by atoms with Crippen LogP contribution in [0.2, 0.25) is 0 Å². The molecule has 1 amide bonds. The Bertz CT molecular complexity index is 633. The molecule has 0 radical (unpaired) electrons. The first-order valence-corrected chi connectivity index (χ1v) is 9.45. The van der Waals surface area contributed by atoms with E-state index in [0.29, 0.717) is 0 Å². The maximum atomic E-state index is 12.9. The van der Waals surface area contributed by atoms with E-state index in [2.05, 4.69) is 6.92 Å². The van der Waals surface area contributed by atoms with Crippen LogP contribution in [-0.4, -0.2) is 41.5 Å². The Morgan fingerprint density at radius 3 is 1.70 bits per heavy atom. The summed E-state index contributed by atoms with van der Waals surface area (Å²) in [6.07, 6.45) is 0.901. The SMILES string of the molecule is CCOC(=O)C(C(=O)OCC)(C(C)C)N(Cc1ccc(CC)cc1)C(C)=O. The van der Waals surface area contributed by atoms with Gasteiger partial charge in [0.25, 0.3) is 0 Å². The topological polar surface area (TPSA) is 72.9 Å². The van der Waals surface area contributed by atoms with Gasteiger partial charge in [0.15, 0.2) is 0 Å². The molecule has 27 heavy (non-hydrogen) atoms. The standard InChI is InChI=1S/C21H31NO5/c1-7-17-10-12-18(13-11-17)14-22(16(6)23)21(15(4)5,19(24)26-8-2)20(25)27-9-3/h10-13,15H,7-9,14H2,1-6H3. The molecule has 0 saturated carbocycles. The van der Waals surface area contributed by atoms with E-state index in [-0.39, 0.29) is 19.8 Å². The van der Waals surface area contributed by atoms with Crippen molar-refractivity contribution in [3.05, 3.63) is 35.4 Å². The van der Waals surface area contributed by atoms with Crippen LogP contribution >= 0.6 is 0 Å². The van der Waals surface area contributed by atoms with Crippen molar-refractivity contribution >= 4 is 17.8 Å². The lowest BCUT2D eigenvalue weighted by atomic mass is 9.83. The van der Waals surface area contributed by atoms with Gasteiger partial charge < -0.3 is 14.4 Å². The number of rotatable bonds is 9. The average molecular weight is 377 g/mol. The van der Waals surface area contributed by atoms with Gasteiger partial charge in [-0.1, -0.05) is 45.0 Å². The molecule has 0 aliphatic carbocycles. The predicted molar refractivity (Wildman–Crippen MR) is 103 cm³/mol. The van der Waals surface area contributed by atoms with E-state index in [1.807, 2.05) is 24.3 Å². The number of carbonyl (C=O) groups is 3. The second kappa shape index (κ2) is 10.1. The number of nitrogens with zero attached hydrogens (tertiary/aromatic N) is 1. The Kier molecular flexibility index (Phi) is 8.47. The van der Waals surface area contributed by atoms with Crippen LogP contribution in [0.25, 0.3) is 0 Å². The molecule has 0 heterocycles. The van der Waals surface area contributed by atoms with Gasteiger partial charge in [0.2, 0.25) is 11.4 Å². The van der Waals surface area contributed by atoms with Gasteiger partial charge in [-0.25, -0.2) is 9.59 Å². The molecule has 6 nitrogen and oxygen atoms in total. The van der Waals surface area contributed by atoms with Crippen molar-refractivity contribution in [2.75, 3.05) is 13.2 Å². The van der Waals surface area contributed by atoms with Crippen molar-refractivity contribution in [1.29, 1.82) is 0 Å². The molecule has 1 aromatic rings. The number of ether oxygens (including phenoxy) is 2. The Morgan fingerprint density at radius 2 is 1.37 bits per heavy atom. The summed E-state index contributed by atoms with van der Waals surface area (Å²) >= 11 is 0. The van der Waals surface area contributed by atoms with Crippen LogP contribution < -0.4 is 0 Å². The molecule has 0 atom stereocenters. The van der Waals surface area contributed by atoms with E-state index in [0.717, 1.165) is 12.0 Å². The number of aryl methyl sites for hydroxylation is 1. The van der Waals surface area contributed by atoms with Gasteiger partial charge in [0, 0.05) is 13.5 Å². The van der Waals surface area contributed by atoms with E-state index < -0.39 is 29.3 Å². The molecule has 1 aromatic carbocycles. The summed E-state index contributed by atoms with van der Waals surface area (Å²) < 4.78 is 10.4. The van der Waals surface area contributed by atoms with Gasteiger partial charge in [-0.2, -0.15) is 0 Å². The third-order valence-electron chi connectivity index (χ3n) is 4.59. The van der Waals surface area contributed by atoms with Crippen molar-refractivity contribution in [1.82, 2.24) is 4.90 Å². The van der Waals surface area contributed by atoms with E-state index in [9.17, 15) is 14.4 Å². The normalized spacial score (nSPS) is 11.2. The van der Waals surface area contributed by atoms with Crippen LogP contribution in [0.3, 0.4) is 0 Å². The fourth-order valence-corrected chi connectivity index (χ4v) is 3.12. The van der Waals surface area contributed by atoms with Crippen molar-refractivity contribution in [2.45, 2.75) is 60.0 Å². The third-order valence-corrected chi connectivity index (χ3v) is 4.59. The minimum absolute atomic E-state index is 0.101. The van der Waals surface area contributed by atoms with Crippen LogP contribution in [-0.2, 0) is 36.8 Å². The summed E-state index contributed by atoms with van der Waals surface area (Å²) in [7, 11) is 0. The van der Waals surface area contributed by atoms with Crippen LogP contribution in [0.1, 0.15) is 52.7 Å². The molecule has 0 spiro atoms. The van der Waals surface area contributed by atoms with Crippen molar-refractivity contribution in [3.8, 4) is 0 Å². The van der Waals surface area contributed by atoms with Crippen molar-refractivity contribution in [2.24, 2.45) is 5.92 Å². The first kappa shape index (κ1) is 22.7. The van der Waals surface area contributed by atoms with Gasteiger partial charge in [-0.3, -0.25) is 4.79 Å². The maximum absolute atomic E-state index is 12.9. The summed E-state index contributed by atoms with van der Waals surface area (Å²) in [6.45, 7) is 10.5. The molecule has 0 aromatic heterocycles. The summed E-state index contributed by atoms with van der Waals surface area (Å²) in [5.74, 6) is -2.46. The molecule has 0 N–H and O–H groups in total. The molecule has 0 aliphatic rings. The van der Waals surface area contributed by atoms with E-state index in [4.69, 9.17) is 9.47 Å². The predicted octanol–water partition coefficient (Wildman–Crippen LogP) is 3.12. The minimum Gasteiger partial charge on any atom is -0.464 e. The Morgan fingerprint density at radius 1 is 0.926 bits per heavy atom. The second-order valence-corrected chi connectivity index (χ2v) is 6.64. The number of esters is 2. The molecule has 0 fully saturated rings. The number of hydrogen-bond donors (Lipinski definition) is 0. The minimum atomic E-state index is -1.83. The Balaban J connectivity index is 3.47. The molecule has 150 valence electrons. The lowest BCUT2D eigenvalue weighted by Crippen LogP contribution is -2.65. The summed E-state index contributed by atoms with van der Waals surface area (Å²) in [5, 5.41) is 0. The fourth-order valence-electron chi connectivity index (χ4n) is 3.12. The van der Waals surface area contributed by atoms with Gasteiger partial charge in [0.05, 0.1) is 13.2 Å². The van der Waals surface area contributed by atoms with Gasteiger partial charge in [-0.05, 0) is 37.3 Å². The smallest absolute Gasteiger partial charge is 0.344 e. The molecular formula is C21H31NO5. The Hall–Kier alpha value is -2.37. The molecule has 0 aliphatic heterocycles. The van der Waals surface area contributed by atoms with E-state index in [1.54, 1.807) is 27.7 Å². The quantitative estimate of drug-likeness (QED) is 0.488. The lowest BCUT2D eigenvalue weighted by Gasteiger charge is -2.41. The average Bonchev–Trinajstić information content (AvgIpc) is 2.62. The maximum Gasteiger partial charge on any atom is 0.344 e. The molecule has 6 heteroatoms. The monoisotopic (exact) mass is 377 g/mol. The molecule has 1 rings (SSSR count). The Labute approximate surface area is 161 Å². The highest BCUT2D eigenvalue weighted by atomic mass is 16.6. The summed E-state index contributed by atoms with van der Waals surface area (Å²) in [4.78, 5) is 39.7. The molecule has 0 saturated heterocycles. The highest BCUT2D eigenvalue weighted by Gasteiger charge is 2.57. The zero-order chi connectivity index (χ0) is 20.6. The first-order chi connectivity index (χ1) is 12.7. The fraction of sp³-hybridized carbons (Fsp3) is 0.571. The van der Waals surface area contributed by atoms with Crippen LogP contribution in [0.15, 0.2) is 24.3 Å². The van der Waals surface area contributed by atoms with E-state index in [1.165, 1.54) is 17.4 Å². The van der Waals surface area contributed by atoms with Crippen molar-refractivity contribution < 1.29 is 23.9 Å². The highest BCUT2D eigenvalue weighted by Crippen LogP contribution is 2.31. The number of hydrogen-bond acceptors (Lipinski definition) is 5. The van der Waals surface area contributed by atoms with Gasteiger partial charge in [-0.15, -0.1) is 0 Å². The zero-order valence-electron chi connectivity index (χ0n) is 17.2. The van der Waals surface area contributed by atoms with Gasteiger partial charge in [0.1, 0.15) is 0 Å². The van der Waals surface area contributed by atoms with Crippen LogP contribution in [0, 0.1) is 5.92 Å². The largest absolute Gasteiger partial charge is 0.464 e. The molecule has 0 bridgehead atoms. The second-order valence-electron chi connectivity index (χ2n) is 6.64. The zero-order valence-corrected chi connectivity index (χ0v) is 17.2. The molecular weight excluding hydrogens is 346 g/mol. The molecule has 0 unspecified atom stereocenters. The van der Waals surface area contributed by atoms with Crippen molar-refractivity contribution in [3.63, 3.8) is 0 Å². The first-order valence-electron chi connectivity index (χ1n) is 9.45. The van der Waals surface area contributed by atoms with Gasteiger partial charge >= 0.3 is 11.9 Å². The number of benzene rings is 1. The number of amides is 1. The summed E-state index contributed by atoms with van der Waals surface area (Å²) in [6, 6.07) is 7.74. The van der Waals surface area contributed by atoms with E-state index >= 15 is 0 Å². The summed E-state index contributed by atoms with van der Waals surface area (Å²) in [5.41, 5.74) is 0.154. The third kappa shape index (κ3) is 4.87. The van der Waals surface area contributed by atoms with Crippen LogP contribution in [0.5, 0.6) is 0 Å². The highest BCUT2D eigenvalue weighted by molar-refractivity contribution is 6.08. The lowest BCUT2D eigenvalue weighted by molar-refractivity contribution is -0.184. The number of carbonyl (C=O) groups excluding carboxylic acids is 3. The van der Waals surface area contributed by atoms with Crippen LogP contribution in [0.4, 0.5) is 0 Å².